The third-order valence-electron chi connectivity index (χ3n) is 5.82. The number of aliphatic carboxylic acids is 1. The van der Waals surface area contributed by atoms with Crippen molar-refractivity contribution >= 4 is 5.97 Å². The van der Waals surface area contributed by atoms with Crippen LogP contribution in [0.2, 0.25) is 0 Å². The van der Waals surface area contributed by atoms with Crippen LogP contribution in [-0.4, -0.2) is 11.1 Å². The molecule has 176 valence electrons. The van der Waals surface area contributed by atoms with Crippen LogP contribution in [0.15, 0.2) is 24.3 Å². The molecular weight excluding hydrogens is 368 g/mol. The molecule has 0 aromatic heterocycles. The second kappa shape index (κ2) is 26.0. The standard InChI is InChI=1S/C28H52O2/c1-2-3-4-5-6-7-8-9-10-11-12-13-14-15-16-17-18-19-20-21-22-23-24-25-26-27-28(29)30/h19-20,23-24H,2-18,21-22,25-27H2,1H3,(H,29,30). The average Bonchev–Trinajstić information content (AvgIpc) is 2.73. The van der Waals surface area contributed by atoms with Crippen molar-refractivity contribution in [3.63, 3.8) is 0 Å². The summed E-state index contributed by atoms with van der Waals surface area (Å²) in [5.41, 5.74) is 0. The Bertz CT molecular complexity index is 397. The fourth-order valence-corrected chi connectivity index (χ4v) is 3.85. The molecule has 0 amide bonds. The molecule has 0 aromatic rings. The van der Waals surface area contributed by atoms with E-state index in [0.717, 1.165) is 25.7 Å². The monoisotopic (exact) mass is 420 g/mol. The van der Waals surface area contributed by atoms with Crippen LogP contribution in [0.25, 0.3) is 0 Å². The van der Waals surface area contributed by atoms with E-state index in [-0.39, 0.29) is 6.42 Å². The zero-order valence-electron chi connectivity index (χ0n) is 20.2. The van der Waals surface area contributed by atoms with Crippen LogP contribution < -0.4 is 0 Å². The normalized spacial score (nSPS) is 11.8. The molecule has 0 spiro atoms. The van der Waals surface area contributed by atoms with Gasteiger partial charge < -0.3 is 5.11 Å². The number of carbonyl (C=O) groups is 1. The minimum absolute atomic E-state index is 0.281. The average molecular weight is 421 g/mol. The third kappa shape index (κ3) is 27.0. The Morgan fingerprint density at radius 2 is 0.833 bits per heavy atom. The van der Waals surface area contributed by atoms with Crippen LogP contribution in [0.1, 0.15) is 148 Å². The molecule has 0 saturated heterocycles. The van der Waals surface area contributed by atoms with Gasteiger partial charge in [-0.05, 0) is 38.5 Å². The van der Waals surface area contributed by atoms with Crippen LogP contribution in [0.5, 0.6) is 0 Å². The largest absolute Gasteiger partial charge is 0.481 e. The Kier molecular flexibility index (Phi) is 25.1. The number of rotatable bonds is 24. The van der Waals surface area contributed by atoms with Gasteiger partial charge in [0.25, 0.3) is 0 Å². The fraction of sp³-hybridized carbons (Fsp3) is 0.821. The molecule has 0 saturated carbocycles. The molecule has 0 heterocycles. The topological polar surface area (TPSA) is 37.3 Å². The minimum Gasteiger partial charge on any atom is -0.481 e. The van der Waals surface area contributed by atoms with Crippen molar-refractivity contribution in [1.82, 2.24) is 0 Å². The summed E-state index contributed by atoms with van der Waals surface area (Å²) in [5.74, 6) is -0.694. The highest BCUT2D eigenvalue weighted by Gasteiger charge is 1.95. The van der Waals surface area contributed by atoms with Gasteiger partial charge >= 0.3 is 5.97 Å². The number of allylic oxidation sites excluding steroid dienone is 4. The quantitative estimate of drug-likeness (QED) is 0.125. The van der Waals surface area contributed by atoms with Crippen molar-refractivity contribution in [1.29, 1.82) is 0 Å². The van der Waals surface area contributed by atoms with Crippen LogP contribution in [0.4, 0.5) is 0 Å². The number of unbranched alkanes of at least 4 members (excludes halogenated alkanes) is 18. The molecular formula is C28H52O2. The fourth-order valence-electron chi connectivity index (χ4n) is 3.85. The highest BCUT2D eigenvalue weighted by Crippen LogP contribution is 2.14. The zero-order chi connectivity index (χ0) is 22.0. The van der Waals surface area contributed by atoms with Crippen molar-refractivity contribution < 1.29 is 9.90 Å². The van der Waals surface area contributed by atoms with Crippen LogP contribution in [0.3, 0.4) is 0 Å². The number of carboxylic acids is 1. The van der Waals surface area contributed by atoms with Gasteiger partial charge in [-0.1, -0.05) is 128 Å². The Labute approximate surface area is 188 Å². The first kappa shape index (κ1) is 28.9. The molecule has 1 N–H and O–H groups in total. The van der Waals surface area contributed by atoms with E-state index in [1.165, 1.54) is 109 Å². The predicted octanol–water partition coefficient (Wildman–Crippen LogP) is 9.79. The Morgan fingerprint density at radius 3 is 1.23 bits per heavy atom. The number of carboxylic acid groups (broad SMARTS) is 1. The lowest BCUT2D eigenvalue weighted by atomic mass is 10.0. The Hall–Kier alpha value is -1.05. The van der Waals surface area contributed by atoms with Crippen LogP contribution in [0, 0.1) is 0 Å². The van der Waals surface area contributed by atoms with E-state index in [4.69, 9.17) is 5.11 Å². The van der Waals surface area contributed by atoms with Crippen LogP contribution in [-0.2, 0) is 4.79 Å². The molecule has 0 radical (unpaired) electrons. The maximum atomic E-state index is 10.4. The molecule has 0 rings (SSSR count). The SMILES string of the molecule is CCCCCCCCCCCCCCCCCCC=CCCC=CCCCC(=O)O. The second-order valence-corrected chi connectivity index (χ2v) is 8.90. The van der Waals surface area contributed by atoms with Gasteiger partial charge in [-0.15, -0.1) is 0 Å². The summed E-state index contributed by atoms with van der Waals surface area (Å²) in [5, 5.41) is 8.56. The molecule has 0 aliphatic carbocycles. The molecule has 0 aromatic carbocycles. The molecule has 0 aliphatic heterocycles. The van der Waals surface area contributed by atoms with Crippen LogP contribution >= 0.6 is 0 Å². The van der Waals surface area contributed by atoms with Gasteiger partial charge in [-0.3, -0.25) is 4.79 Å². The first-order chi connectivity index (χ1) is 14.8. The smallest absolute Gasteiger partial charge is 0.303 e. The van der Waals surface area contributed by atoms with Gasteiger partial charge in [0.2, 0.25) is 0 Å². The molecule has 30 heavy (non-hydrogen) atoms. The Balaban J connectivity index is 3.13. The molecule has 0 bridgehead atoms. The van der Waals surface area contributed by atoms with Crippen molar-refractivity contribution in [2.75, 3.05) is 0 Å². The minimum atomic E-state index is -0.694. The molecule has 2 heteroatoms. The zero-order valence-corrected chi connectivity index (χ0v) is 20.2. The maximum Gasteiger partial charge on any atom is 0.303 e. The molecule has 0 fully saturated rings. The van der Waals surface area contributed by atoms with E-state index < -0.39 is 5.97 Å². The van der Waals surface area contributed by atoms with E-state index in [2.05, 4.69) is 31.2 Å². The third-order valence-corrected chi connectivity index (χ3v) is 5.82. The van der Waals surface area contributed by atoms with Gasteiger partial charge in [0, 0.05) is 6.42 Å². The summed E-state index contributed by atoms with van der Waals surface area (Å²) in [6.45, 7) is 2.29. The van der Waals surface area contributed by atoms with Crippen molar-refractivity contribution in [2.45, 2.75) is 148 Å². The molecule has 0 atom stereocenters. The first-order valence-corrected chi connectivity index (χ1v) is 13.3. The maximum absolute atomic E-state index is 10.4. The van der Waals surface area contributed by atoms with E-state index in [9.17, 15) is 4.79 Å². The van der Waals surface area contributed by atoms with Gasteiger partial charge in [-0.25, -0.2) is 0 Å². The highest BCUT2D eigenvalue weighted by molar-refractivity contribution is 5.66. The van der Waals surface area contributed by atoms with Crippen molar-refractivity contribution in [3.05, 3.63) is 24.3 Å². The summed E-state index contributed by atoms with van der Waals surface area (Å²) in [6.07, 6.45) is 37.1. The highest BCUT2D eigenvalue weighted by atomic mass is 16.4. The van der Waals surface area contributed by atoms with E-state index in [1.807, 2.05) is 0 Å². The first-order valence-electron chi connectivity index (χ1n) is 13.3. The number of hydrogen-bond acceptors (Lipinski definition) is 1. The van der Waals surface area contributed by atoms with Gasteiger partial charge in [0.15, 0.2) is 0 Å². The number of hydrogen-bond donors (Lipinski definition) is 1. The summed E-state index contributed by atoms with van der Waals surface area (Å²) in [6, 6.07) is 0. The van der Waals surface area contributed by atoms with E-state index in [1.54, 1.807) is 0 Å². The van der Waals surface area contributed by atoms with Gasteiger partial charge in [0.05, 0.1) is 0 Å². The molecule has 2 nitrogen and oxygen atoms in total. The van der Waals surface area contributed by atoms with Crippen molar-refractivity contribution in [2.24, 2.45) is 0 Å². The summed E-state index contributed by atoms with van der Waals surface area (Å²) in [7, 11) is 0. The van der Waals surface area contributed by atoms with E-state index in [0.29, 0.717) is 0 Å². The molecule has 0 aliphatic rings. The van der Waals surface area contributed by atoms with E-state index >= 15 is 0 Å². The van der Waals surface area contributed by atoms with Gasteiger partial charge in [0.1, 0.15) is 0 Å². The van der Waals surface area contributed by atoms with Crippen molar-refractivity contribution in [3.8, 4) is 0 Å². The summed E-state index contributed by atoms with van der Waals surface area (Å²) in [4.78, 5) is 10.4. The van der Waals surface area contributed by atoms with Gasteiger partial charge in [-0.2, -0.15) is 0 Å². The lowest BCUT2D eigenvalue weighted by molar-refractivity contribution is -0.137. The predicted molar refractivity (Wildman–Crippen MR) is 133 cm³/mol. The summed E-state index contributed by atoms with van der Waals surface area (Å²) >= 11 is 0. The molecule has 0 unspecified atom stereocenters. The Morgan fingerprint density at radius 1 is 0.500 bits per heavy atom. The second-order valence-electron chi connectivity index (χ2n) is 8.90. The lowest BCUT2D eigenvalue weighted by Gasteiger charge is -2.03. The lowest BCUT2D eigenvalue weighted by Crippen LogP contribution is -1.92. The summed E-state index contributed by atoms with van der Waals surface area (Å²) < 4.78 is 0.